The fourth-order valence-corrected chi connectivity index (χ4v) is 1.46. The molecule has 0 aliphatic carbocycles. The minimum Gasteiger partial charge on any atom is -0.460 e. The lowest BCUT2D eigenvalue weighted by atomic mass is 10.2. The van der Waals surface area contributed by atoms with Gasteiger partial charge in [0.2, 0.25) is 5.91 Å². The molecule has 4 heteroatoms. The van der Waals surface area contributed by atoms with Crippen molar-refractivity contribution in [3.05, 3.63) is 0 Å². The molecular formula is C13H25NO3. The molecule has 0 aliphatic heterocycles. The predicted molar refractivity (Wildman–Crippen MR) is 67.6 cm³/mol. The van der Waals surface area contributed by atoms with Crippen LogP contribution in [0.1, 0.15) is 60.3 Å². The lowest BCUT2D eigenvalue weighted by Gasteiger charge is -2.19. The molecule has 17 heavy (non-hydrogen) atoms. The van der Waals surface area contributed by atoms with Gasteiger partial charge in [-0.2, -0.15) is 0 Å². The molecule has 0 radical (unpaired) electrons. The summed E-state index contributed by atoms with van der Waals surface area (Å²) in [6.07, 6.45) is 2.33. The maximum Gasteiger partial charge on any atom is 0.306 e. The van der Waals surface area contributed by atoms with E-state index in [1.807, 2.05) is 27.7 Å². The van der Waals surface area contributed by atoms with Gasteiger partial charge in [-0.1, -0.05) is 13.3 Å². The van der Waals surface area contributed by atoms with E-state index in [0.717, 1.165) is 12.8 Å². The lowest BCUT2D eigenvalue weighted by molar-refractivity contribution is -0.155. The Kier molecular flexibility index (Phi) is 6.85. The van der Waals surface area contributed by atoms with E-state index in [4.69, 9.17) is 4.74 Å². The lowest BCUT2D eigenvalue weighted by Crippen LogP contribution is -2.33. The van der Waals surface area contributed by atoms with E-state index in [0.29, 0.717) is 0 Å². The quantitative estimate of drug-likeness (QED) is 0.729. The normalized spacial score (nSPS) is 13.0. The predicted octanol–water partition coefficient (Wildman–Crippen LogP) is 2.41. The molecule has 0 saturated carbocycles. The van der Waals surface area contributed by atoms with Crippen LogP contribution < -0.4 is 5.32 Å². The van der Waals surface area contributed by atoms with Crippen LogP contribution >= 0.6 is 0 Å². The van der Waals surface area contributed by atoms with Crippen molar-refractivity contribution in [1.29, 1.82) is 0 Å². The monoisotopic (exact) mass is 243 g/mol. The van der Waals surface area contributed by atoms with E-state index in [1.54, 1.807) is 0 Å². The van der Waals surface area contributed by atoms with E-state index in [2.05, 4.69) is 12.2 Å². The van der Waals surface area contributed by atoms with Crippen molar-refractivity contribution in [3.8, 4) is 0 Å². The number of nitrogens with one attached hydrogen (secondary N) is 1. The molecule has 4 nitrogen and oxygen atoms in total. The van der Waals surface area contributed by atoms with Crippen LogP contribution in [0.15, 0.2) is 0 Å². The first-order chi connectivity index (χ1) is 7.74. The van der Waals surface area contributed by atoms with Crippen LogP contribution in [0.2, 0.25) is 0 Å². The molecule has 0 aromatic rings. The van der Waals surface area contributed by atoms with Gasteiger partial charge in [0.15, 0.2) is 0 Å². The highest BCUT2D eigenvalue weighted by Gasteiger charge is 2.17. The summed E-state index contributed by atoms with van der Waals surface area (Å²) in [6.45, 7) is 9.48. The molecule has 0 saturated heterocycles. The van der Waals surface area contributed by atoms with Gasteiger partial charge in [-0.3, -0.25) is 9.59 Å². The molecule has 1 amide bonds. The van der Waals surface area contributed by atoms with E-state index < -0.39 is 5.60 Å². The van der Waals surface area contributed by atoms with Crippen molar-refractivity contribution in [2.24, 2.45) is 0 Å². The highest BCUT2D eigenvalue weighted by atomic mass is 16.6. The van der Waals surface area contributed by atoms with Crippen molar-refractivity contribution in [2.45, 2.75) is 71.9 Å². The average Bonchev–Trinajstić information content (AvgIpc) is 2.12. The van der Waals surface area contributed by atoms with Crippen LogP contribution in [0.4, 0.5) is 0 Å². The van der Waals surface area contributed by atoms with E-state index in [9.17, 15) is 9.59 Å². The summed E-state index contributed by atoms with van der Waals surface area (Å²) in [5.41, 5.74) is -0.483. The molecule has 0 aromatic heterocycles. The zero-order chi connectivity index (χ0) is 13.5. The smallest absolute Gasteiger partial charge is 0.306 e. The summed E-state index contributed by atoms with van der Waals surface area (Å²) in [4.78, 5) is 22.9. The second-order valence-electron chi connectivity index (χ2n) is 5.34. The molecule has 100 valence electrons. The third-order valence-corrected chi connectivity index (χ3v) is 2.11. The van der Waals surface area contributed by atoms with Gasteiger partial charge in [-0.05, 0) is 34.1 Å². The van der Waals surface area contributed by atoms with E-state index in [-0.39, 0.29) is 30.8 Å². The molecule has 1 unspecified atom stereocenters. The Balaban J connectivity index is 3.81. The Morgan fingerprint density at radius 1 is 1.24 bits per heavy atom. The van der Waals surface area contributed by atoms with Crippen molar-refractivity contribution in [2.75, 3.05) is 0 Å². The minimum absolute atomic E-state index is 0.0863. The van der Waals surface area contributed by atoms with Crippen LogP contribution in [0.5, 0.6) is 0 Å². The zero-order valence-electron chi connectivity index (χ0n) is 11.6. The molecule has 0 fully saturated rings. The molecular weight excluding hydrogens is 218 g/mol. The van der Waals surface area contributed by atoms with Gasteiger partial charge < -0.3 is 10.1 Å². The Morgan fingerprint density at radius 2 is 1.82 bits per heavy atom. The molecule has 0 aliphatic rings. The van der Waals surface area contributed by atoms with Crippen LogP contribution in [0.25, 0.3) is 0 Å². The van der Waals surface area contributed by atoms with Crippen molar-refractivity contribution >= 4 is 11.9 Å². The topological polar surface area (TPSA) is 55.4 Å². The largest absolute Gasteiger partial charge is 0.460 e. The molecule has 1 atom stereocenters. The summed E-state index contributed by atoms with van der Waals surface area (Å²) in [7, 11) is 0. The SMILES string of the molecule is CCCC(C)NC(=O)CCC(=O)OC(C)(C)C. The van der Waals surface area contributed by atoms with E-state index >= 15 is 0 Å². The van der Waals surface area contributed by atoms with Gasteiger partial charge in [0.1, 0.15) is 5.60 Å². The van der Waals surface area contributed by atoms with Gasteiger partial charge in [-0.15, -0.1) is 0 Å². The minimum atomic E-state index is -0.483. The molecule has 0 spiro atoms. The average molecular weight is 243 g/mol. The summed E-state index contributed by atoms with van der Waals surface area (Å²) in [6, 6.07) is 0.172. The number of carbonyl (C=O) groups is 2. The van der Waals surface area contributed by atoms with Gasteiger partial charge in [0, 0.05) is 12.5 Å². The van der Waals surface area contributed by atoms with Gasteiger partial charge in [0.05, 0.1) is 6.42 Å². The molecule has 0 aromatic carbocycles. The van der Waals surface area contributed by atoms with E-state index in [1.165, 1.54) is 0 Å². The van der Waals surface area contributed by atoms with Gasteiger partial charge in [0.25, 0.3) is 0 Å². The molecule has 0 bridgehead atoms. The number of rotatable bonds is 6. The second-order valence-corrected chi connectivity index (χ2v) is 5.34. The number of amides is 1. The van der Waals surface area contributed by atoms with Gasteiger partial charge >= 0.3 is 5.97 Å². The molecule has 0 rings (SSSR count). The summed E-state index contributed by atoms with van der Waals surface area (Å²) in [5, 5.41) is 2.85. The number of esters is 1. The Hall–Kier alpha value is -1.06. The highest BCUT2D eigenvalue weighted by molar-refractivity contribution is 5.81. The third kappa shape index (κ3) is 9.85. The zero-order valence-corrected chi connectivity index (χ0v) is 11.6. The first-order valence-electron chi connectivity index (χ1n) is 6.25. The first-order valence-corrected chi connectivity index (χ1v) is 6.25. The number of hydrogen-bond acceptors (Lipinski definition) is 3. The van der Waals surface area contributed by atoms with Crippen molar-refractivity contribution < 1.29 is 14.3 Å². The fraction of sp³-hybridized carbons (Fsp3) is 0.846. The fourth-order valence-electron chi connectivity index (χ4n) is 1.46. The Labute approximate surface area is 104 Å². The van der Waals surface area contributed by atoms with Gasteiger partial charge in [-0.25, -0.2) is 0 Å². The molecule has 1 N–H and O–H groups in total. The first kappa shape index (κ1) is 15.9. The number of carbonyl (C=O) groups excluding carboxylic acids is 2. The van der Waals surface area contributed by atoms with Crippen molar-refractivity contribution in [1.82, 2.24) is 5.32 Å². The number of ether oxygens (including phenoxy) is 1. The number of hydrogen-bond donors (Lipinski definition) is 1. The Morgan fingerprint density at radius 3 is 2.29 bits per heavy atom. The third-order valence-electron chi connectivity index (χ3n) is 2.11. The van der Waals surface area contributed by atoms with Crippen LogP contribution in [-0.2, 0) is 14.3 Å². The summed E-state index contributed by atoms with van der Waals surface area (Å²) in [5.74, 6) is -0.410. The highest BCUT2D eigenvalue weighted by Crippen LogP contribution is 2.09. The summed E-state index contributed by atoms with van der Waals surface area (Å²) < 4.78 is 5.12. The van der Waals surface area contributed by atoms with Crippen LogP contribution in [0, 0.1) is 0 Å². The standard InChI is InChI=1S/C13H25NO3/c1-6-7-10(2)14-11(15)8-9-12(16)17-13(3,4)5/h10H,6-9H2,1-5H3,(H,14,15). The maximum absolute atomic E-state index is 11.5. The van der Waals surface area contributed by atoms with Crippen LogP contribution in [0.3, 0.4) is 0 Å². The van der Waals surface area contributed by atoms with Crippen molar-refractivity contribution in [3.63, 3.8) is 0 Å². The molecule has 0 heterocycles. The second kappa shape index (κ2) is 7.30. The maximum atomic E-state index is 11.5. The van der Waals surface area contributed by atoms with Crippen LogP contribution in [-0.4, -0.2) is 23.5 Å². The Bertz CT molecular complexity index is 256. The summed E-state index contributed by atoms with van der Waals surface area (Å²) >= 11 is 0.